The fourth-order valence-corrected chi connectivity index (χ4v) is 3.85. The normalized spacial score (nSPS) is 19.8. The second-order valence-corrected chi connectivity index (χ2v) is 7.66. The highest BCUT2D eigenvalue weighted by Crippen LogP contribution is 2.39. The van der Waals surface area contributed by atoms with Crippen LogP contribution in [0, 0.1) is 10.8 Å². The van der Waals surface area contributed by atoms with Crippen LogP contribution in [0.2, 0.25) is 0 Å². The standard InChI is InChI=1S/C14H18O3.C7H12O3/c15-11-14(8-4-5-9-14)13(16)17-10-12-6-2-1-3-7-12;8-5-7(6(9)10)3-1-2-4-7/h1-3,6-7,15H,4-5,8-11H2;8H,1-5H2,(H,9,10). The molecule has 3 N–H and O–H groups in total. The van der Waals surface area contributed by atoms with Crippen molar-refractivity contribution in [3.8, 4) is 0 Å². The van der Waals surface area contributed by atoms with E-state index in [1.165, 1.54) is 0 Å². The first-order chi connectivity index (χ1) is 13.0. The number of esters is 1. The summed E-state index contributed by atoms with van der Waals surface area (Å²) in [6, 6.07) is 9.61. The lowest BCUT2D eigenvalue weighted by Crippen LogP contribution is -2.33. The van der Waals surface area contributed by atoms with E-state index in [0.717, 1.165) is 44.1 Å². The molecule has 2 saturated carbocycles. The molecule has 6 nitrogen and oxygen atoms in total. The zero-order chi connectivity index (χ0) is 19.8. The Morgan fingerprint density at radius 1 is 0.852 bits per heavy atom. The Kier molecular flexibility index (Phi) is 7.80. The number of aliphatic hydroxyl groups excluding tert-OH is 2. The summed E-state index contributed by atoms with van der Waals surface area (Å²) in [5.74, 6) is -1.09. The van der Waals surface area contributed by atoms with Gasteiger partial charge in [-0.3, -0.25) is 9.59 Å². The van der Waals surface area contributed by atoms with Crippen LogP contribution in [0.4, 0.5) is 0 Å². The molecule has 1 aromatic carbocycles. The number of carboxylic acid groups (broad SMARTS) is 1. The number of carbonyl (C=O) groups excluding carboxylic acids is 1. The van der Waals surface area contributed by atoms with Crippen LogP contribution < -0.4 is 0 Å². The number of rotatable bonds is 6. The summed E-state index contributed by atoms with van der Waals surface area (Å²) in [4.78, 5) is 22.6. The van der Waals surface area contributed by atoms with Crippen molar-refractivity contribution in [1.82, 2.24) is 0 Å². The van der Waals surface area contributed by atoms with Crippen molar-refractivity contribution < 1.29 is 29.6 Å². The molecule has 2 fully saturated rings. The summed E-state index contributed by atoms with van der Waals surface area (Å²) in [5.41, 5.74) is -0.443. The molecule has 3 rings (SSSR count). The van der Waals surface area contributed by atoms with Crippen LogP contribution in [0.15, 0.2) is 30.3 Å². The number of carbonyl (C=O) groups is 2. The van der Waals surface area contributed by atoms with E-state index in [2.05, 4.69) is 0 Å². The number of ether oxygens (including phenoxy) is 1. The van der Waals surface area contributed by atoms with Gasteiger partial charge in [0, 0.05) is 0 Å². The Labute approximate surface area is 160 Å². The molecule has 0 amide bonds. The first-order valence-electron chi connectivity index (χ1n) is 9.64. The highest BCUT2D eigenvalue weighted by molar-refractivity contribution is 5.77. The van der Waals surface area contributed by atoms with Gasteiger partial charge in [0.05, 0.1) is 24.0 Å². The van der Waals surface area contributed by atoms with Crippen molar-refractivity contribution in [1.29, 1.82) is 0 Å². The van der Waals surface area contributed by atoms with Crippen LogP contribution in [0.3, 0.4) is 0 Å². The van der Waals surface area contributed by atoms with Gasteiger partial charge in [-0.1, -0.05) is 56.0 Å². The van der Waals surface area contributed by atoms with Gasteiger partial charge in [-0.05, 0) is 31.2 Å². The van der Waals surface area contributed by atoms with E-state index >= 15 is 0 Å². The lowest BCUT2D eigenvalue weighted by Gasteiger charge is -2.23. The average molecular weight is 378 g/mol. The molecule has 0 aromatic heterocycles. The summed E-state index contributed by atoms with van der Waals surface area (Å²) in [7, 11) is 0. The van der Waals surface area contributed by atoms with Crippen molar-refractivity contribution in [2.45, 2.75) is 58.0 Å². The predicted octanol–water partition coefficient (Wildman–Crippen LogP) is 2.91. The quantitative estimate of drug-likeness (QED) is 0.658. The van der Waals surface area contributed by atoms with Gasteiger partial charge >= 0.3 is 11.9 Å². The molecule has 0 heterocycles. The maximum Gasteiger partial charge on any atom is 0.314 e. The molecule has 2 aliphatic rings. The molecule has 0 bridgehead atoms. The second-order valence-electron chi connectivity index (χ2n) is 7.66. The third-order valence-corrected chi connectivity index (χ3v) is 5.83. The molecule has 0 radical (unpaired) electrons. The first-order valence-corrected chi connectivity index (χ1v) is 9.64. The number of benzene rings is 1. The first kappa shape index (κ1) is 21.4. The molecule has 0 unspecified atom stereocenters. The Bertz CT molecular complexity index is 600. The maximum atomic E-state index is 12.0. The van der Waals surface area contributed by atoms with Gasteiger partial charge in [0.1, 0.15) is 6.61 Å². The second kappa shape index (κ2) is 9.85. The molecule has 1 aromatic rings. The molecular weight excluding hydrogens is 348 g/mol. The Morgan fingerprint density at radius 2 is 1.33 bits per heavy atom. The lowest BCUT2D eigenvalue weighted by molar-refractivity contribution is -0.159. The van der Waals surface area contributed by atoms with Crippen molar-refractivity contribution in [3.63, 3.8) is 0 Å². The fraction of sp³-hybridized carbons (Fsp3) is 0.619. The number of aliphatic hydroxyl groups is 2. The van der Waals surface area contributed by atoms with Crippen molar-refractivity contribution >= 4 is 11.9 Å². The van der Waals surface area contributed by atoms with Gasteiger partial charge in [0.25, 0.3) is 0 Å². The van der Waals surface area contributed by atoms with E-state index in [4.69, 9.17) is 14.9 Å². The molecule has 150 valence electrons. The van der Waals surface area contributed by atoms with Crippen molar-refractivity contribution in [2.75, 3.05) is 13.2 Å². The van der Waals surface area contributed by atoms with Crippen LogP contribution in [-0.4, -0.2) is 40.5 Å². The smallest absolute Gasteiger partial charge is 0.314 e. The highest BCUT2D eigenvalue weighted by Gasteiger charge is 2.42. The number of aliphatic carboxylic acids is 1. The van der Waals surface area contributed by atoms with E-state index in [-0.39, 0.29) is 19.2 Å². The fourth-order valence-electron chi connectivity index (χ4n) is 3.85. The van der Waals surface area contributed by atoms with Gasteiger partial charge in [0.15, 0.2) is 0 Å². The van der Waals surface area contributed by atoms with Crippen molar-refractivity contribution in [3.05, 3.63) is 35.9 Å². The van der Waals surface area contributed by atoms with Crippen LogP contribution in [0.1, 0.15) is 56.9 Å². The number of hydrogen-bond acceptors (Lipinski definition) is 5. The van der Waals surface area contributed by atoms with Gasteiger partial charge in [-0.25, -0.2) is 0 Å². The molecule has 27 heavy (non-hydrogen) atoms. The van der Waals surface area contributed by atoms with E-state index in [1.54, 1.807) is 0 Å². The summed E-state index contributed by atoms with van der Waals surface area (Å²) in [5, 5.41) is 26.9. The van der Waals surface area contributed by atoms with E-state index < -0.39 is 16.8 Å². The molecule has 0 atom stereocenters. The average Bonchev–Trinajstić information content (AvgIpc) is 3.38. The molecular formula is C21H30O6. The Morgan fingerprint density at radius 3 is 1.74 bits per heavy atom. The van der Waals surface area contributed by atoms with Gasteiger partial charge in [-0.2, -0.15) is 0 Å². The largest absolute Gasteiger partial charge is 0.481 e. The third kappa shape index (κ3) is 5.30. The third-order valence-electron chi connectivity index (χ3n) is 5.83. The monoisotopic (exact) mass is 378 g/mol. The summed E-state index contributed by atoms with van der Waals surface area (Å²) >= 11 is 0. The molecule has 0 spiro atoms. The van der Waals surface area contributed by atoms with Crippen LogP contribution in [-0.2, 0) is 20.9 Å². The van der Waals surface area contributed by atoms with Crippen LogP contribution in [0.5, 0.6) is 0 Å². The summed E-state index contributed by atoms with van der Waals surface area (Å²) in [6.45, 7) is -0.00954. The summed E-state index contributed by atoms with van der Waals surface area (Å²) in [6.07, 6.45) is 6.65. The SMILES string of the molecule is O=C(O)C1(CO)CCCC1.O=C(OCc1ccccc1)C1(CO)CCCC1. The summed E-state index contributed by atoms with van der Waals surface area (Å²) < 4.78 is 5.31. The zero-order valence-corrected chi connectivity index (χ0v) is 15.7. The van der Waals surface area contributed by atoms with E-state index in [1.807, 2.05) is 30.3 Å². The van der Waals surface area contributed by atoms with Crippen LogP contribution in [0.25, 0.3) is 0 Å². The minimum Gasteiger partial charge on any atom is -0.481 e. The molecule has 6 heteroatoms. The highest BCUT2D eigenvalue weighted by atomic mass is 16.5. The van der Waals surface area contributed by atoms with Gasteiger partial charge in [0.2, 0.25) is 0 Å². The molecule has 0 saturated heterocycles. The Balaban J connectivity index is 0.000000223. The Hall–Kier alpha value is -1.92. The van der Waals surface area contributed by atoms with Crippen LogP contribution >= 0.6 is 0 Å². The van der Waals surface area contributed by atoms with E-state index in [9.17, 15) is 14.7 Å². The van der Waals surface area contributed by atoms with Gasteiger partial charge < -0.3 is 20.1 Å². The van der Waals surface area contributed by atoms with Crippen molar-refractivity contribution in [2.24, 2.45) is 10.8 Å². The molecule has 2 aliphatic carbocycles. The number of carboxylic acids is 1. The predicted molar refractivity (Wildman–Crippen MR) is 99.8 cm³/mol. The van der Waals surface area contributed by atoms with Gasteiger partial charge in [-0.15, -0.1) is 0 Å². The van der Waals surface area contributed by atoms with E-state index in [0.29, 0.717) is 19.4 Å². The minimum absolute atomic E-state index is 0.0966. The lowest BCUT2D eigenvalue weighted by atomic mass is 9.87. The number of hydrogen-bond donors (Lipinski definition) is 3. The zero-order valence-electron chi connectivity index (χ0n) is 15.7. The minimum atomic E-state index is -0.840. The molecule has 0 aliphatic heterocycles. The maximum absolute atomic E-state index is 12.0. The topological polar surface area (TPSA) is 104 Å².